The monoisotopic (exact) mass is 384 g/mol. The van der Waals surface area contributed by atoms with Gasteiger partial charge in [-0.25, -0.2) is 0 Å². The average Bonchev–Trinajstić information content (AvgIpc) is 3.25. The summed E-state index contributed by atoms with van der Waals surface area (Å²) in [6.07, 6.45) is 2.62. The third kappa shape index (κ3) is 3.89. The summed E-state index contributed by atoms with van der Waals surface area (Å²) in [5.41, 5.74) is 1.67. The van der Waals surface area contributed by atoms with Crippen LogP contribution in [0.5, 0.6) is 5.75 Å². The number of carbonyl (C=O) groups is 2. The summed E-state index contributed by atoms with van der Waals surface area (Å²) in [6, 6.07) is 9.27. The van der Waals surface area contributed by atoms with Crippen molar-refractivity contribution in [3.05, 3.63) is 52.7 Å². The van der Waals surface area contributed by atoms with E-state index in [-0.39, 0.29) is 18.4 Å². The third-order valence-electron chi connectivity index (χ3n) is 4.60. The predicted octanol–water partition coefficient (Wildman–Crippen LogP) is 2.41. The average molecular weight is 384 g/mol. The zero-order valence-electron chi connectivity index (χ0n) is 14.7. The van der Waals surface area contributed by atoms with Crippen LogP contribution in [0.2, 0.25) is 0 Å². The van der Waals surface area contributed by atoms with E-state index in [1.807, 2.05) is 35.0 Å². The van der Waals surface area contributed by atoms with Crippen molar-refractivity contribution < 1.29 is 19.1 Å². The molecule has 1 aromatic carbocycles. The van der Waals surface area contributed by atoms with Crippen LogP contribution in [0.3, 0.4) is 0 Å². The molecule has 0 aliphatic carbocycles. The summed E-state index contributed by atoms with van der Waals surface area (Å²) in [4.78, 5) is 29.1. The van der Waals surface area contributed by atoms with E-state index < -0.39 is 6.10 Å². The van der Waals surface area contributed by atoms with Gasteiger partial charge in [0.1, 0.15) is 5.75 Å². The molecule has 140 valence electrons. The van der Waals surface area contributed by atoms with E-state index in [1.165, 1.54) is 0 Å². The fourth-order valence-corrected chi connectivity index (χ4v) is 3.81. The van der Waals surface area contributed by atoms with Crippen molar-refractivity contribution in [2.45, 2.75) is 6.10 Å². The van der Waals surface area contributed by atoms with Crippen molar-refractivity contribution in [2.24, 2.45) is 0 Å². The number of nitrogens with zero attached hydrogens (tertiary/aromatic N) is 2. The first kappa shape index (κ1) is 17.8. The molecule has 6 nitrogen and oxygen atoms in total. The molecule has 2 aliphatic heterocycles. The third-order valence-corrected chi connectivity index (χ3v) is 5.30. The molecule has 1 atom stereocenters. The number of thiophene rings is 1. The molecule has 1 unspecified atom stereocenters. The molecular weight excluding hydrogens is 364 g/mol. The van der Waals surface area contributed by atoms with E-state index in [0.29, 0.717) is 37.7 Å². The van der Waals surface area contributed by atoms with E-state index in [9.17, 15) is 9.59 Å². The standard InChI is InChI=1S/C20H20N2O4S/c23-19(6-5-15-7-12-27-14-15)22-13-18(20(24)21-8-10-25-11-9-21)26-17-4-2-1-3-16(17)22/h1-7,12,14,18H,8-11,13H2/b6-5+. The topological polar surface area (TPSA) is 59.1 Å². The molecule has 0 bridgehead atoms. The molecule has 0 N–H and O–H groups in total. The highest BCUT2D eigenvalue weighted by atomic mass is 32.1. The van der Waals surface area contributed by atoms with Crippen molar-refractivity contribution in [3.63, 3.8) is 0 Å². The zero-order chi connectivity index (χ0) is 18.6. The molecule has 2 aromatic rings. The summed E-state index contributed by atoms with van der Waals surface area (Å²) in [5, 5.41) is 3.94. The summed E-state index contributed by atoms with van der Waals surface area (Å²) < 4.78 is 11.2. The number of carbonyl (C=O) groups excluding carboxylic acids is 2. The molecule has 4 rings (SSSR count). The lowest BCUT2D eigenvalue weighted by atomic mass is 10.1. The molecule has 2 amide bonds. The van der Waals surface area contributed by atoms with Gasteiger partial charge < -0.3 is 19.3 Å². The Morgan fingerprint density at radius 3 is 2.74 bits per heavy atom. The largest absolute Gasteiger partial charge is 0.476 e. The smallest absolute Gasteiger partial charge is 0.265 e. The van der Waals surface area contributed by atoms with Gasteiger partial charge in [-0.15, -0.1) is 0 Å². The van der Waals surface area contributed by atoms with Crippen LogP contribution in [0.15, 0.2) is 47.2 Å². The maximum Gasteiger partial charge on any atom is 0.265 e. The summed E-state index contributed by atoms with van der Waals surface area (Å²) in [5.74, 6) is 0.275. The fourth-order valence-electron chi connectivity index (χ4n) is 3.19. The van der Waals surface area contributed by atoms with Crippen molar-refractivity contribution >= 4 is 34.9 Å². The van der Waals surface area contributed by atoms with Gasteiger partial charge in [0.15, 0.2) is 6.10 Å². The van der Waals surface area contributed by atoms with Crippen molar-refractivity contribution in [3.8, 4) is 5.75 Å². The molecule has 1 fully saturated rings. The normalized spacial score (nSPS) is 19.6. The number of morpholine rings is 1. The molecule has 1 aromatic heterocycles. The van der Waals surface area contributed by atoms with Crippen LogP contribution in [-0.2, 0) is 14.3 Å². The van der Waals surface area contributed by atoms with Crippen LogP contribution in [0.4, 0.5) is 5.69 Å². The number of para-hydroxylation sites is 2. The predicted molar refractivity (Wildman–Crippen MR) is 104 cm³/mol. The Hall–Kier alpha value is -2.64. The van der Waals surface area contributed by atoms with Crippen molar-refractivity contribution in [2.75, 3.05) is 37.7 Å². The molecule has 3 heterocycles. The number of anilines is 1. The van der Waals surface area contributed by atoms with Crippen LogP contribution >= 0.6 is 11.3 Å². The highest BCUT2D eigenvalue weighted by Crippen LogP contribution is 2.33. The molecular formula is C20H20N2O4S. The van der Waals surface area contributed by atoms with E-state index in [0.717, 1.165) is 5.56 Å². The molecule has 2 aliphatic rings. The maximum atomic E-state index is 12.9. The molecule has 0 saturated carbocycles. The first-order valence-electron chi connectivity index (χ1n) is 8.86. The lowest BCUT2D eigenvalue weighted by Gasteiger charge is -2.37. The number of ether oxygens (including phenoxy) is 2. The second-order valence-corrected chi connectivity index (χ2v) is 7.13. The minimum atomic E-state index is -0.712. The molecule has 7 heteroatoms. The van der Waals surface area contributed by atoms with Gasteiger partial charge in [-0.1, -0.05) is 12.1 Å². The van der Waals surface area contributed by atoms with Crippen LogP contribution in [0.1, 0.15) is 5.56 Å². The fraction of sp³-hybridized carbons (Fsp3) is 0.300. The van der Waals surface area contributed by atoms with Gasteiger partial charge in [0, 0.05) is 19.2 Å². The number of fused-ring (bicyclic) bond motifs is 1. The van der Waals surface area contributed by atoms with E-state index in [1.54, 1.807) is 39.4 Å². The Morgan fingerprint density at radius 2 is 1.96 bits per heavy atom. The minimum Gasteiger partial charge on any atom is -0.476 e. The number of hydrogen-bond acceptors (Lipinski definition) is 5. The van der Waals surface area contributed by atoms with Crippen LogP contribution < -0.4 is 9.64 Å². The number of rotatable bonds is 3. The Bertz CT molecular complexity index is 843. The van der Waals surface area contributed by atoms with Gasteiger partial charge in [0.05, 0.1) is 25.4 Å². The van der Waals surface area contributed by atoms with E-state index in [4.69, 9.17) is 9.47 Å². The van der Waals surface area contributed by atoms with Crippen LogP contribution in [0, 0.1) is 0 Å². The SMILES string of the molecule is O=C(C1CN(C(=O)/C=C/c2ccsc2)c2ccccc2O1)N1CCOCC1. The van der Waals surface area contributed by atoms with Crippen molar-refractivity contribution in [1.29, 1.82) is 0 Å². The Morgan fingerprint density at radius 1 is 1.15 bits per heavy atom. The Kier molecular flexibility index (Phi) is 5.22. The van der Waals surface area contributed by atoms with E-state index in [2.05, 4.69) is 0 Å². The summed E-state index contributed by atoms with van der Waals surface area (Å²) in [6.45, 7) is 2.35. The second kappa shape index (κ2) is 7.94. The molecule has 27 heavy (non-hydrogen) atoms. The molecule has 1 saturated heterocycles. The van der Waals surface area contributed by atoms with E-state index >= 15 is 0 Å². The Balaban J connectivity index is 1.56. The highest BCUT2D eigenvalue weighted by molar-refractivity contribution is 7.08. The quantitative estimate of drug-likeness (QED) is 0.763. The van der Waals surface area contributed by atoms with Gasteiger partial charge >= 0.3 is 0 Å². The van der Waals surface area contributed by atoms with Gasteiger partial charge in [0.25, 0.3) is 11.8 Å². The first-order valence-corrected chi connectivity index (χ1v) is 9.80. The highest BCUT2D eigenvalue weighted by Gasteiger charge is 2.35. The number of hydrogen-bond donors (Lipinski definition) is 0. The lowest BCUT2D eigenvalue weighted by molar-refractivity contribution is -0.142. The van der Waals surface area contributed by atoms with Crippen molar-refractivity contribution in [1.82, 2.24) is 4.90 Å². The Labute approximate surface area is 161 Å². The first-order chi connectivity index (χ1) is 13.2. The lowest BCUT2D eigenvalue weighted by Crippen LogP contribution is -2.53. The van der Waals surface area contributed by atoms with Gasteiger partial charge in [-0.05, 0) is 40.6 Å². The molecule has 0 spiro atoms. The number of amides is 2. The maximum absolute atomic E-state index is 12.9. The van der Waals surface area contributed by atoms with Crippen LogP contribution in [-0.4, -0.2) is 55.7 Å². The minimum absolute atomic E-state index is 0.104. The second-order valence-electron chi connectivity index (χ2n) is 6.35. The molecule has 0 radical (unpaired) electrons. The summed E-state index contributed by atoms with van der Waals surface area (Å²) >= 11 is 1.58. The van der Waals surface area contributed by atoms with Gasteiger partial charge in [-0.2, -0.15) is 11.3 Å². The summed E-state index contributed by atoms with van der Waals surface area (Å²) in [7, 11) is 0. The zero-order valence-corrected chi connectivity index (χ0v) is 15.6. The van der Waals surface area contributed by atoms with Gasteiger partial charge in [0.2, 0.25) is 0 Å². The van der Waals surface area contributed by atoms with Gasteiger partial charge in [-0.3, -0.25) is 9.59 Å². The van der Waals surface area contributed by atoms with Crippen LogP contribution in [0.25, 0.3) is 6.08 Å². The number of benzene rings is 1.